The molecule has 11 aliphatic carbocycles. The van der Waals surface area contributed by atoms with Crippen LogP contribution in [0.2, 0.25) is 0 Å². The van der Waals surface area contributed by atoms with Gasteiger partial charge < -0.3 is 44.1 Å². The molecule has 2 N–H and O–H groups in total. The van der Waals surface area contributed by atoms with E-state index in [0.717, 1.165) is 68.4 Å². The van der Waals surface area contributed by atoms with Crippen LogP contribution >= 0.6 is 12.4 Å². The number of methoxy groups -OCH3 is 4. The van der Waals surface area contributed by atoms with E-state index in [9.17, 15) is 5.11 Å². The summed E-state index contributed by atoms with van der Waals surface area (Å²) in [4.78, 5) is 7.72. The second-order valence-corrected chi connectivity index (χ2v) is 34.0. The standard InChI is InChI=1S/3C18H25NO.C17H23NO.C17H22O.C2H6.ClH/c3*1-19-10-9-18-8-4-3-5-15(18)17(19)11-13-6-7-14(20-2)12-16(13)18;1-19-13-6-5-12-10-16-14-4-2-3-7-17(14,8-9-18-16)15(12)11-13;18-14-7-6-13-10-12-4-3-9-17(16(13)11-14)8-2-1-5-15(12)17;1-2;/h3*6-7,12,15,17H,3-5,8-11H2,1-2H3;5-6,11,14,16,18H,2-4,7-10H2,1H3;6-7,11-12,15,18H,1-5,8-10H2;1-2H3;1H/t3*15-,17+,18+;14-,16+,17+;12-,15+,17-;;/m11110../s1/i2*2D3;;1D3;;;. The molecular formula is C90H127ClN4O5. The first-order chi connectivity index (χ1) is 51.8. The highest BCUT2D eigenvalue weighted by molar-refractivity contribution is 5.85. The molecule has 15 atom stereocenters. The molecule has 0 amide bonds. The van der Waals surface area contributed by atoms with Gasteiger partial charge in [-0.25, -0.2) is 0 Å². The lowest BCUT2D eigenvalue weighted by atomic mass is 9.49. The summed E-state index contributed by atoms with van der Waals surface area (Å²) >= 11 is 0. The Morgan fingerprint density at radius 1 is 0.380 bits per heavy atom. The molecule has 6 saturated carbocycles. The zero-order valence-corrected chi connectivity index (χ0v) is 62.5. The molecule has 4 saturated heterocycles. The highest BCUT2D eigenvalue weighted by atomic mass is 35.5. The topological polar surface area (TPSA) is 78.9 Å². The Labute approximate surface area is 622 Å². The van der Waals surface area contributed by atoms with E-state index in [1.165, 1.54) is 237 Å². The van der Waals surface area contributed by atoms with E-state index in [0.29, 0.717) is 69.7 Å². The van der Waals surface area contributed by atoms with Gasteiger partial charge in [-0.05, 0) is 339 Å². The van der Waals surface area contributed by atoms with Crippen molar-refractivity contribution >= 4 is 12.4 Å². The zero-order valence-electron chi connectivity index (χ0n) is 70.7. The minimum Gasteiger partial charge on any atom is -0.508 e. The summed E-state index contributed by atoms with van der Waals surface area (Å²) in [5.74, 6) is 7.84. The highest BCUT2D eigenvalue weighted by Gasteiger charge is 2.58. The normalized spacial score (nSPS) is 37.1. The molecule has 100 heavy (non-hydrogen) atoms. The number of phenols is 1. The lowest BCUT2D eigenvalue weighted by Gasteiger charge is -2.58. The molecule has 5 aromatic rings. The molecule has 10 heteroatoms. The Kier molecular flexibility index (Phi) is 18.5. The fourth-order valence-corrected chi connectivity index (χ4v) is 26.1. The van der Waals surface area contributed by atoms with Gasteiger partial charge in [0.2, 0.25) is 0 Å². The van der Waals surface area contributed by atoms with Gasteiger partial charge in [-0.3, -0.25) is 0 Å². The van der Waals surface area contributed by atoms with Crippen molar-refractivity contribution in [1.29, 1.82) is 0 Å². The molecule has 4 aliphatic heterocycles. The van der Waals surface area contributed by atoms with Gasteiger partial charge in [-0.2, -0.15) is 0 Å². The number of aromatic hydroxyl groups is 1. The molecule has 10 bridgehead atoms. The molecule has 10 fully saturated rings. The molecule has 0 aromatic heterocycles. The van der Waals surface area contributed by atoms with Crippen LogP contribution < -0.4 is 24.3 Å². The maximum Gasteiger partial charge on any atom is 0.119 e. The number of halogens is 1. The molecule has 15 aliphatic rings. The fraction of sp³-hybridized carbons (Fsp3) is 0.667. The van der Waals surface area contributed by atoms with Crippen LogP contribution in [0.25, 0.3) is 0 Å². The van der Waals surface area contributed by atoms with E-state index >= 15 is 0 Å². The monoisotopic (exact) mass is 1390 g/mol. The van der Waals surface area contributed by atoms with E-state index in [-0.39, 0.29) is 28.7 Å². The highest BCUT2D eigenvalue weighted by Crippen LogP contribution is 2.62. The van der Waals surface area contributed by atoms with E-state index in [1.807, 2.05) is 56.3 Å². The zero-order chi connectivity index (χ0) is 75.8. The molecule has 5 aromatic carbocycles. The number of benzene rings is 5. The van der Waals surface area contributed by atoms with Crippen LogP contribution in [-0.4, -0.2) is 120 Å². The minimum absolute atomic E-state index is 0. The first-order valence-electron chi connectivity index (χ1n) is 44.6. The summed E-state index contributed by atoms with van der Waals surface area (Å²) in [5, 5.41) is 13.6. The predicted molar refractivity (Wildman–Crippen MR) is 412 cm³/mol. The third-order valence-corrected chi connectivity index (χ3v) is 30.4. The second-order valence-electron chi connectivity index (χ2n) is 34.0. The van der Waals surface area contributed by atoms with Crippen LogP contribution in [0.3, 0.4) is 0 Å². The number of piperidine rings is 4. The quantitative estimate of drug-likeness (QED) is 0.183. The summed E-state index contributed by atoms with van der Waals surface area (Å²) in [6.45, 7) is 8.62. The summed E-state index contributed by atoms with van der Waals surface area (Å²) in [7, 11) is 1.53. The number of likely N-dealkylation sites (N-methyl/N-ethyl adjacent to an activating group) is 3. The number of hydrogen-bond acceptors (Lipinski definition) is 9. The summed E-state index contributed by atoms with van der Waals surface area (Å²) in [6, 6.07) is 33.5. The molecule has 0 unspecified atom stereocenters. The van der Waals surface area contributed by atoms with Gasteiger partial charge in [0.05, 0.1) is 40.6 Å². The van der Waals surface area contributed by atoms with Crippen LogP contribution in [0.4, 0.5) is 0 Å². The maximum absolute atomic E-state index is 9.87. The number of ether oxygens (including phenoxy) is 4. The van der Waals surface area contributed by atoms with Crippen molar-refractivity contribution in [1.82, 2.24) is 20.0 Å². The van der Waals surface area contributed by atoms with Crippen molar-refractivity contribution < 1.29 is 36.4 Å². The van der Waals surface area contributed by atoms with Gasteiger partial charge >= 0.3 is 0 Å². The van der Waals surface area contributed by atoms with Crippen molar-refractivity contribution in [2.75, 3.05) is 75.5 Å². The number of nitrogens with zero attached hydrogens (tertiary/aromatic N) is 3. The second kappa shape index (κ2) is 30.0. The molecule has 4 heterocycles. The Morgan fingerprint density at radius 2 is 0.720 bits per heavy atom. The number of fused-ring (bicyclic) bond motifs is 5. The minimum atomic E-state index is -2.37. The maximum atomic E-state index is 9.87. The number of likely N-dealkylation sites (tertiary alicyclic amines) is 3. The number of rotatable bonds is 4. The third kappa shape index (κ3) is 12.5. The van der Waals surface area contributed by atoms with Crippen molar-refractivity contribution in [3.8, 4) is 28.7 Å². The Balaban J connectivity index is 0.000000113. The van der Waals surface area contributed by atoms with E-state index in [1.54, 1.807) is 18.2 Å². The van der Waals surface area contributed by atoms with E-state index in [2.05, 4.69) is 89.7 Å². The summed E-state index contributed by atoms with van der Waals surface area (Å²) < 4.78 is 87.2. The van der Waals surface area contributed by atoms with Gasteiger partial charge in [-0.1, -0.05) is 115 Å². The van der Waals surface area contributed by atoms with Crippen LogP contribution in [0.15, 0.2) is 91.0 Å². The number of hydrogen-bond donors (Lipinski definition) is 2. The molecule has 9 nitrogen and oxygen atoms in total. The fourth-order valence-electron chi connectivity index (χ4n) is 26.1. The SMILES string of the molecule is CC.COc1ccc2c(c1)[C@]13CCCC[C@@H]1[C@H](C2)N(C)CC3.Cl.Oc1ccc2c(c1)[C@]13CCCC[C@@H]1[C@@H](CCC3)C2.[2H]C([2H])([2H])Oc1ccc2c(c1)[C@]13CCCC[C@@H]1[C@H](C2)N(C)CC3.[2H]C([2H])([2H])Oc1ccc2c(c1)[C@]13CCCC[C@@H]1[C@H](C2)N(C)CC3.[2H]C([2H])([2H])Oc1ccc2c(c1)[C@]13CCCC[C@@H]1[C@H](C2)NCC3. The number of phenolic OH excluding ortho intramolecular Hbond substituents is 1. The van der Waals surface area contributed by atoms with Crippen LogP contribution in [0.1, 0.15) is 255 Å². The lowest BCUT2D eigenvalue weighted by molar-refractivity contribution is 0.00272. The third-order valence-electron chi connectivity index (χ3n) is 30.4. The number of nitrogens with one attached hydrogen (secondary N) is 1. The van der Waals surface area contributed by atoms with Crippen molar-refractivity contribution in [3.63, 3.8) is 0 Å². The van der Waals surface area contributed by atoms with Gasteiger partial charge in [0.25, 0.3) is 0 Å². The Bertz CT molecular complexity index is 3890. The largest absolute Gasteiger partial charge is 0.508 e. The Hall–Kier alpha value is -4.77. The molecule has 0 radical (unpaired) electrons. The van der Waals surface area contributed by atoms with Crippen LogP contribution in [0, 0.1) is 35.5 Å². The summed E-state index contributed by atoms with van der Waals surface area (Å²) in [6.07, 6.45) is 41.6. The molecule has 544 valence electrons. The summed E-state index contributed by atoms with van der Waals surface area (Å²) in [5.41, 5.74) is 16.2. The Morgan fingerprint density at radius 3 is 1.14 bits per heavy atom. The van der Waals surface area contributed by atoms with E-state index < -0.39 is 21.1 Å². The van der Waals surface area contributed by atoms with Crippen LogP contribution in [0.5, 0.6) is 28.7 Å². The first-order valence-corrected chi connectivity index (χ1v) is 40.1. The van der Waals surface area contributed by atoms with Gasteiger partial charge in [0, 0.05) is 45.8 Å². The van der Waals surface area contributed by atoms with Crippen molar-refractivity contribution in [3.05, 3.63) is 147 Å². The lowest BCUT2D eigenvalue weighted by Crippen LogP contribution is -2.59. The van der Waals surface area contributed by atoms with E-state index in [4.69, 9.17) is 31.3 Å². The average Bonchev–Trinajstić information content (AvgIpc) is 0.765. The van der Waals surface area contributed by atoms with Gasteiger partial charge in [0.1, 0.15) is 28.7 Å². The molecule has 20 rings (SSSR count). The van der Waals surface area contributed by atoms with Crippen molar-refractivity contribution in [2.45, 2.75) is 271 Å². The van der Waals surface area contributed by atoms with Gasteiger partial charge in [0.15, 0.2) is 0 Å². The van der Waals surface area contributed by atoms with Crippen molar-refractivity contribution in [2.24, 2.45) is 35.5 Å². The first kappa shape index (κ1) is 61.5. The molecular weight excluding hydrogens is 1250 g/mol. The predicted octanol–water partition coefficient (Wildman–Crippen LogP) is 18.8. The van der Waals surface area contributed by atoms with Crippen LogP contribution in [-0.2, 0) is 59.2 Å². The molecule has 0 spiro atoms. The average molecular weight is 1390 g/mol. The smallest absolute Gasteiger partial charge is 0.119 e. The van der Waals surface area contributed by atoms with Gasteiger partial charge in [-0.15, -0.1) is 12.4 Å².